The molecule has 0 fully saturated rings. The van der Waals surface area contributed by atoms with E-state index in [9.17, 15) is 4.79 Å². The van der Waals surface area contributed by atoms with E-state index >= 15 is 0 Å². The molecule has 3 N–H and O–H groups in total. The fraction of sp³-hybridized carbons (Fsp3) is 0.929. The summed E-state index contributed by atoms with van der Waals surface area (Å²) < 4.78 is 0. The van der Waals surface area contributed by atoms with Crippen LogP contribution < -0.4 is 16.0 Å². The molecule has 18 heavy (non-hydrogen) atoms. The maximum absolute atomic E-state index is 11.8. The second kappa shape index (κ2) is 10.3. The van der Waals surface area contributed by atoms with E-state index in [0.717, 1.165) is 25.9 Å². The zero-order valence-electron chi connectivity index (χ0n) is 12.7. The fourth-order valence-electron chi connectivity index (χ4n) is 2.29. The summed E-state index contributed by atoms with van der Waals surface area (Å²) in [6.07, 6.45) is 2.71. The van der Waals surface area contributed by atoms with Crippen molar-refractivity contribution in [1.82, 2.24) is 16.0 Å². The van der Waals surface area contributed by atoms with Crippen molar-refractivity contribution in [2.45, 2.75) is 46.1 Å². The first-order valence-electron chi connectivity index (χ1n) is 7.08. The summed E-state index contributed by atoms with van der Waals surface area (Å²) in [5, 5.41) is 9.32. The van der Waals surface area contributed by atoms with Gasteiger partial charge < -0.3 is 16.0 Å². The Balaban J connectivity index is 3.79. The smallest absolute Gasteiger partial charge is 0.220 e. The number of nitrogens with one attached hydrogen (secondary N) is 3. The molecule has 0 saturated carbocycles. The minimum absolute atomic E-state index is 0.183. The lowest BCUT2D eigenvalue weighted by atomic mass is 9.94. The predicted molar refractivity (Wildman–Crippen MR) is 77.6 cm³/mol. The van der Waals surface area contributed by atoms with Crippen LogP contribution >= 0.6 is 0 Å². The average molecular weight is 257 g/mol. The van der Waals surface area contributed by atoms with E-state index in [1.54, 1.807) is 0 Å². The second-order valence-electron chi connectivity index (χ2n) is 5.57. The summed E-state index contributed by atoms with van der Waals surface area (Å²) in [6.45, 7) is 8.40. The van der Waals surface area contributed by atoms with Crippen LogP contribution in [0.3, 0.4) is 0 Å². The van der Waals surface area contributed by atoms with Crippen molar-refractivity contribution in [1.29, 1.82) is 0 Å². The van der Waals surface area contributed by atoms with E-state index in [1.165, 1.54) is 0 Å². The standard InChI is InChI=1S/C14H31N3O/c1-11(8-12(2)10-16-5)9-14(18)17-13(3)6-7-15-4/h11-13,15-16H,6-10H2,1-5H3,(H,17,18). The Morgan fingerprint density at radius 1 is 1.06 bits per heavy atom. The monoisotopic (exact) mass is 257 g/mol. The molecule has 0 bridgehead atoms. The van der Waals surface area contributed by atoms with Crippen molar-refractivity contribution in [3.8, 4) is 0 Å². The summed E-state index contributed by atoms with van der Waals surface area (Å²) in [5.41, 5.74) is 0. The van der Waals surface area contributed by atoms with Gasteiger partial charge in [0, 0.05) is 12.5 Å². The molecule has 0 aromatic rings. The van der Waals surface area contributed by atoms with Gasteiger partial charge in [-0.05, 0) is 58.8 Å². The summed E-state index contributed by atoms with van der Waals surface area (Å²) in [4.78, 5) is 11.8. The summed E-state index contributed by atoms with van der Waals surface area (Å²) in [6, 6.07) is 0.256. The largest absolute Gasteiger partial charge is 0.354 e. The van der Waals surface area contributed by atoms with Gasteiger partial charge in [0.2, 0.25) is 5.91 Å². The van der Waals surface area contributed by atoms with Crippen LogP contribution in [-0.4, -0.2) is 39.1 Å². The molecule has 3 atom stereocenters. The molecule has 3 unspecified atom stereocenters. The van der Waals surface area contributed by atoms with Gasteiger partial charge in [0.05, 0.1) is 0 Å². The Kier molecular flexibility index (Phi) is 9.98. The first-order valence-corrected chi connectivity index (χ1v) is 7.08. The maximum atomic E-state index is 11.8. The molecule has 0 aliphatic carbocycles. The number of carbonyl (C=O) groups is 1. The van der Waals surface area contributed by atoms with Crippen molar-refractivity contribution < 1.29 is 4.79 Å². The summed E-state index contributed by atoms with van der Waals surface area (Å²) in [5.74, 6) is 1.26. The van der Waals surface area contributed by atoms with Crippen molar-refractivity contribution in [2.24, 2.45) is 11.8 Å². The SMILES string of the molecule is CNCCC(C)NC(=O)CC(C)CC(C)CNC. The van der Waals surface area contributed by atoms with Crippen LogP contribution in [0.15, 0.2) is 0 Å². The first-order chi connectivity index (χ1) is 8.49. The third-order valence-corrected chi connectivity index (χ3v) is 3.13. The molecular formula is C14H31N3O. The lowest BCUT2D eigenvalue weighted by molar-refractivity contribution is -0.122. The lowest BCUT2D eigenvalue weighted by Gasteiger charge is -2.18. The molecule has 0 aliphatic heterocycles. The maximum Gasteiger partial charge on any atom is 0.220 e. The molecule has 0 saturated heterocycles. The fourth-order valence-corrected chi connectivity index (χ4v) is 2.29. The highest BCUT2D eigenvalue weighted by molar-refractivity contribution is 5.76. The highest BCUT2D eigenvalue weighted by Gasteiger charge is 2.14. The molecule has 0 aromatic carbocycles. The Hall–Kier alpha value is -0.610. The Labute approximate surface area is 112 Å². The van der Waals surface area contributed by atoms with Crippen LogP contribution in [0.1, 0.15) is 40.0 Å². The predicted octanol–water partition coefficient (Wildman–Crippen LogP) is 1.37. The van der Waals surface area contributed by atoms with Crippen LogP contribution in [0, 0.1) is 11.8 Å². The van der Waals surface area contributed by atoms with Crippen molar-refractivity contribution >= 4 is 5.91 Å². The molecule has 4 heteroatoms. The van der Waals surface area contributed by atoms with E-state index in [-0.39, 0.29) is 11.9 Å². The quantitative estimate of drug-likeness (QED) is 0.554. The number of carbonyl (C=O) groups excluding carboxylic acids is 1. The minimum Gasteiger partial charge on any atom is -0.354 e. The van der Waals surface area contributed by atoms with Crippen LogP contribution in [0.25, 0.3) is 0 Å². The molecule has 0 rings (SSSR count). The van der Waals surface area contributed by atoms with E-state index in [1.807, 2.05) is 14.1 Å². The van der Waals surface area contributed by atoms with Crippen LogP contribution in [0.5, 0.6) is 0 Å². The molecule has 0 radical (unpaired) electrons. The average Bonchev–Trinajstić information content (AvgIpc) is 2.25. The van der Waals surface area contributed by atoms with Crippen LogP contribution in [-0.2, 0) is 4.79 Å². The topological polar surface area (TPSA) is 53.2 Å². The van der Waals surface area contributed by atoms with E-state index < -0.39 is 0 Å². The molecule has 4 nitrogen and oxygen atoms in total. The molecule has 1 amide bonds. The highest BCUT2D eigenvalue weighted by atomic mass is 16.1. The van der Waals surface area contributed by atoms with Gasteiger partial charge in [-0.3, -0.25) is 4.79 Å². The van der Waals surface area contributed by atoms with Gasteiger partial charge in [-0.15, -0.1) is 0 Å². The van der Waals surface area contributed by atoms with Crippen molar-refractivity contribution in [2.75, 3.05) is 27.2 Å². The van der Waals surface area contributed by atoms with Gasteiger partial charge in [0.25, 0.3) is 0 Å². The van der Waals surface area contributed by atoms with Crippen molar-refractivity contribution in [3.63, 3.8) is 0 Å². The molecule has 0 aromatic heterocycles. The number of amides is 1. The highest BCUT2D eigenvalue weighted by Crippen LogP contribution is 2.14. The van der Waals surface area contributed by atoms with Crippen LogP contribution in [0.2, 0.25) is 0 Å². The van der Waals surface area contributed by atoms with E-state index in [0.29, 0.717) is 18.3 Å². The molecule has 0 aliphatic rings. The second-order valence-corrected chi connectivity index (χ2v) is 5.57. The number of hydrogen-bond donors (Lipinski definition) is 3. The molecular weight excluding hydrogens is 226 g/mol. The zero-order chi connectivity index (χ0) is 14.0. The van der Waals surface area contributed by atoms with Gasteiger partial charge >= 0.3 is 0 Å². The van der Waals surface area contributed by atoms with Gasteiger partial charge in [0.1, 0.15) is 0 Å². The van der Waals surface area contributed by atoms with E-state index in [2.05, 4.69) is 36.7 Å². The number of hydrogen-bond acceptors (Lipinski definition) is 3. The van der Waals surface area contributed by atoms with Gasteiger partial charge in [-0.1, -0.05) is 13.8 Å². The number of rotatable bonds is 10. The van der Waals surface area contributed by atoms with Crippen molar-refractivity contribution in [3.05, 3.63) is 0 Å². The Morgan fingerprint density at radius 3 is 2.28 bits per heavy atom. The summed E-state index contributed by atoms with van der Waals surface area (Å²) >= 11 is 0. The normalized spacial score (nSPS) is 16.1. The third kappa shape index (κ3) is 9.42. The third-order valence-electron chi connectivity index (χ3n) is 3.13. The van der Waals surface area contributed by atoms with Gasteiger partial charge in [-0.2, -0.15) is 0 Å². The van der Waals surface area contributed by atoms with Gasteiger partial charge in [0.15, 0.2) is 0 Å². The Bertz CT molecular complexity index is 221. The molecule has 108 valence electrons. The van der Waals surface area contributed by atoms with Crippen LogP contribution in [0.4, 0.5) is 0 Å². The van der Waals surface area contributed by atoms with Gasteiger partial charge in [-0.25, -0.2) is 0 Å². The summed E-state index contributed by atoms with van der Waals surface area (Å²) in [7, 11) is 3.90. The zero-order valence-corrected chi connectivity index (χ0v) is 12.7. The Morgan fingerprint density at radius 2 is 1.72 bits per heavy atom. The van der Waals surface area contributed by atoms with E-state index in [4.69, 9.17) is 0 Å². The molecule has 0 spiro atoms. The first kappa shape index (κ1) is 17.4. The lowest BCUT2D eigenvalue weighted by Crippen LogP contribution is -2.35. The molecule has 0 heterocycles. The minimum atomic E-state index is 0.183.